The number of carbonyl (C=O) groups excluding carboxylic acids is 1. The molecule has 0 spiro atoms. The van der Waals surface area contributed by atoms with Gasteiger partial charge in [0.1, 0.15) is 4.90 Å². The molecule has 0 aromatic heterocycles. The molecule has 0 unspecified atom stereocenters. The zero-order valence-corrected chi connectivity index (χ0v) is 16.3. The van der Waals surface area contributed by atoms with Crippen LogP contribution < -0.4 is 10.0 Å². The summed E-state index contributed by atoms with van der Waals surface area (Å²) >= 11 is 11.8. The molecule has 0 aliphatic rings. The summed E-state index contributed by atoms with van der Waals surface area (Å²) in [5.41, 5.74) is 2.50. The van der Waals surface area contributed by atoms with Crippen molar-refractivity contribution in [1.82, 2.24) is 4.72 Å². The number of amides is 1. The van der Waals surface area contributed by atoms with Crippen LogP contribution in [0, 0.1) is 13.8 Å². The number of carbonyl (C=O) groups is 1. The number of nitrogens with one attached hydrogen (secondary N) is 2. The summed E-state index contributed by atoms with van der Waals surface area (Å²) in [5, 5.41) is 2.99. The average Bonchev–Trinajstić information content (AvgIpc) is 2.52. The van der Waals surface area contributed by atoms with Crippen molar-refractivity contribution in [3.63, 3.8) is 0 Å². The van der Waals surface area contributed by atoms with Crippen LogP contribution >= 0.6 is 23.2 Å². The molecular weight excluding hydrogens is 383 g/mol. The Morgan fingerprint density at radius 1 is 1.08 bits per heavy atom. The van der Waals surface area contributed by atoms with Crippen molar-refractivity contribution >= 4 is 44.8 Å². The first-order chi connectivity index (χ1) is 11.6. The van der Waals surface area contributed by atoms with Gasteiger partial charge in [-0.25, -0.2) is 8.42 Å². The first kappa shape index (κ1) is 19.7. The molecule has 0 fully saturated rings. The third kappa shape index (κ3) is 4.95. The molecule has 2 rings (SSSR count). The van der Waals surface area contributed by atoms with Crippen LogP contribution in [-0.2, 0) is 14.8 Å². The molecule has 5 nitrogen and oxygen atoms in total. The van der Waals surface area contributed by atoms with Crippen molar-refractivity contribution in [3.05, 3.63) is 57.6 Å². The van der Waals surface area contributed by atoms with E-state index >= 15 is 0 Å². The minimum absolute atomic E-state index is 0.0269. The van der Waals surface area contributed by atoms with Crippen LogP contribution in [0.4, 0.5) is 5.69 Å². The molecule has 2 aromatic rings. The minimum Gasteiger partial charge on any atom is -0.324 e. The van der Waals surface area contributed by atoms with Gasteiger partial charge >= 0.3 is 0 Å². The van der Waals surface area contributed by atoms with E-state index in [4.69, 9.17) is 23.2 Å². The number of benzene rings is 2. The quantitative estimate of drug-likeness (QED) is 0.798. The summed E-state index contributed by atoms with van der Waals surface area (Å²) < 4.78 is 27.2. The van der Waals surface area contributed by atoms with Crippen molar-refractivity contribution in [3.8, 4) is 0 Å². The van der Waals surface area contributed by atoms with E-state index in [9.17, 15) is 13.2 Å². The second-order valence-electron chi connectivity index (χ2n) is 5.73. The molecule has 0 radical (unpaired) electrons. The number of rotatable bonds is 5. The number of anilines is 1. The molecule has 0 heterocycles. The summed E-state index contributed by atoms with van der Waals surface area (Å²) in [5.74, 6) is -0.476. The van der Waals surface area contributed by atoms with Crippen LogP contribution in [0.3, 0.4) is 0 Å². The van der Waals surface area contributed by atoms with E-state index in [1.165, 1.54) is 25.1 Å². The number of hydrogen-bond donors (Lipinski definition) is 2. The Bertz CT molecular complexity index is 914. The van der Waals surface area contributed by atoms with Crippen LogP contribution in [0.2, 0.25) is 10.0 Å². The van der Waals surface area contributed by atoms with Gasteiger partial charge in [0.2, 0.25) is 15.9 Å². The zero-order chi connectivity index (χ0) is 18.8. The number of sulfonamides is 1. The lowest BCUT2D eigenvalue weighted by Gasteiger charge is -2.16. The molecule has 0 saturated heterocycles. The number of aryl methyl sites for hydroxylation is 2. The molecule has 1 atom stereocenters. The third-order valence-electron chi connectivity index (χ3n) is 3.56. The predicted octanol–water partition coefficient (Wildman–Crippen LogP) is 3.92. The van der Waals surface area contributed by atoms with Gasteiger partial charge in [0.25, 0.3) is 0 Å². The van der Waals surface area contributed by atoms with Gasteiger partial charge in [0, 0.05) is 10.7 Å². The van der Waals surface area contributed by atoms with Crippen LogP contribution in [0.25, 0.3) is 0 Å². The van der Waals surface area contributed by atoms with E-state index in [-0.39, 0.29) is 14.9 Å². The van der Waals surface area contributed by atoms with Crippen molar-refractivity contribution in [2.24, 2.45) is 0 Å². The Labute approximate surface area is 157 Å². The smallest absolute Gasteiger partial charge is 0.242 e. The largest absolute Gasteiger partial charge is 0.324 e. The predicted molar refractivity (Wildman–Crippen MR) is 101 cm³/mol. The van der Waals surface area contributed by atoms with E-state index in [0.29, 0.717) is 5.69 Å². The van der Waals surface area contributed by atoms with Gasteiger partial charge < -0.3 is 5.32 Å². The van der Waals surface area contributed by atoms with Crippen molar-refractivity contribution in [1.29, 1.82) is 0 Å². The van der Waals surface area contributed by atoms with E-state index < -0.39 is 22.0 Å². The van der Waals surface area contributed by atoms with Gasteiger partial charge in [-0.2, -0.15) is 4.72 Å². The molecular formula is C17H18Cl2N2O3S. The topological polar surface area (TPSA) is 75.3 Å². The molecule has 0 bridgehead atoms. The Kier molecular flexibility index (Phi) is 6.11. The Hall–Kier alpha value is -1.60. The molecule has 8 heteroatoms. The fourth-order valence-electron chi connectivity index (χ4n) is 2.14. The summed E-state index contributed by atoms with van der Waals surface area (Å²) in [6, 6.07) is 8.74. The van der Waals surface area contributed by atoms with Gasteiger partial charge in [-0.05, 0) is 56.2 Å². The normalized spacial score (nSPS) is 12.7. The second kappa shape index (κ2) is 7.74. The average molecular weight is 401 g/mol. The third-order valence-corrected chi connectivity index (χ3v) is 5.82. The van der Waals surface area contributed by atoms with Gasteiger partial charge in [-0.15, -0.1) is 0 Å². The highest BCUT2D eigenvalue weighted by atomic mass is 35.5. The lowest BCUT2D eigenvalue weighted by Crippen LogP contribution is -2.41. The lowest BCUT2D eigenvalue weighted by atomic mass is 10.1. The first-order valence-corrected chi connectivity index (χ1v) is 9.69. The van der Waals surface area contributed by atoms with E-state index in [1.54, 1.807) is 0 Å². The molecule has 1 amide bonds. The number of hydrogen-bond acceptors (Lipinski definition) is 3. The molecule has 0 saturated carbocycles. The van der Waals surface area contributed by atoms with Crippen LogP contribution in [0.1, 0.15) is 18.1 Å². The van der Waals surface area contributed by atoms with Gasteiger partial charge in [-0.1, -0.05) is 35.3 Å². The van der Waals surface area contributed by atoms with Gasteiger partial charge in [0.15, 0.2) is 0 Å². The van der Waals surface area contributed by atoms with Crippen molar-refractivity contribution in [2.75, 3.05) is 5.32 Å². The maximum atomic E-state index is 12.5. The van der Waals surface area contributed by atoms with E-state index in [0.717, 1.165) is 11.1 Å². The molecule has 0 aliphatic carbocycles. The molecule has 0 aliphatic heterocycles. The summed E-state index contributed by atoms with van der Waals surface area (Å²) in [4.78, 5) is 12.2. The first-order valence-electron chi connectivity index (χ1n) is 7.45. The fraction of sp³-hybridized carbons (Fsp3) is 0.235. The number of halogens is 2. The van der Waals surface area contributed by atoms with Crippen LogP contribution in [0.15, 0.2) is 41.3 Å². The van der Waals surface area contributed by atoms with Crippen LogP contribution in [0.5, 0.6) is 0 Å². The van der Waals surface area contributed by atoms with Crippen molar-refractivity contribution < 1.29 is 13.2 Å². The molecule has 134 valence electrons. The van der Waals surface area contributed by atoms with Gasteiger partial charge in [0.05, 0.1) is 11.1 Å². The van der Waals surface area contributed by atoms with Gasteiger partial charge in [-0.3, -0.25) is 4.79 Å². The molecule has 2 N–H and O–H groups in total. The molecule has 25 heavy (non-hydrogen) atoms. The Morgan fingerprint density at radius 2 is 1.76 bits per heavy atom. The standard InChI is InChI=1S/C17H18Cl2N2O3S/c1-10-4-5-11(2)15(8-10)20-17(22)12(3)21-25(23,24)16-9-13(18)6-7-14(16)19/h4-9,12,21H,1-3H3,(H,20,22)/t12-/m0/s1. The SMILES string of the molecule is Cc1ccc(C)c(NC(=O)[C@H](C)NS(=O)(=O)c2cc(Cl)ccc2Cl)c1. The Balaban J connectivity index is 2.17. The Morgan fingerprint density at radius 3 is 2.44 bits per heavy atom. The minimum atomic E-state index is -4.00. The zero-order valence-electron chi connectivity index (χ0n) is 13.9. The molecule has 2 aromatic carbocycles. The van der Waals surface area contributed by atoms with Crippen molar-refractivity contribution in [2.45, 2.75) is 31.7 Å². The second-order valence-corrected chi connectivity index (χ2v) is 8.25. The summed E-state index contributed by atoms with van der Waals surface area (Å²) in [6.07, 6.45) is 0. The summed E-state index contributed by atoms with van der Waals surface area (Å²) in [6.45, 7) is 5.22. The highest BCUT2D eigenvalue weighted by Gasteiger charge is 2.24. The highest BCUT2D eigenvalue weighted by molar-refractivity contribution is 7.89. The summed E-state index contributed by atoms with van der Waals surface area (Å²) in [7, 11) is -4.00. The van der Waals surface area contributed by atoms with E-state index in [2.05, 4.69) is 10.0 Å². The van der Waals surface area contributed by atoms with Crippen LogP contribution in [-0.4, -0.2) is 20.4 Å². The maximum Gasteiger partial charge on any atom is 0.242 e. The fourth-order valence-corrected chi connectivity index (χ4v) is 4.11. The van der Waals surface area contributed by atoms with E-state index in [1.807, 2.05) is 32.0 Å². The lowest BCUT2D eigenvalue weighted by molar-refractivity contribution is -0.117. The maximum absolute atomic E-state index is 12.5. The monoisotopic (exact) mass is 400 g/mol. The highest BCUT2D eigenvalue weighted by Crippen LogP contribution is 2.25.